The maximum absolute atomic E-state index is 12.3. The van der Waals surface area contributed by atoms with Crippen LogP contribution in [0.4, 0.5) is 5.69 Å². The summed E-state index contributed by atoms with van der Waals surface area (Å²) in [5.74, 6) is 2.30. The van der Waals surface area contributed by atoms with Crippen molar-refractivity contribution in [2.45, 2.75) is 13.3 Å². The first-order valence-electron chi connectivity index (χ1n) is 6.97. The zero-order valence-corrected chi connectivity index (χ0v) is 12.6. The van der Waals surface area contributed by atoms with Gasteiger partial charge in [-0.05, 0) is 18.1 Å². The molecule has 6 heteroatoms. The third-order valence-corrected chi connectivity index (χ3v) is 4.61. The fourth-order valence-electron chi connectivity index (χ4n) is 2.63. The van der Waals surface area contributed by atoms with Crippen LogP contribution in [0.5, 0.6) is 11.5 Å². The van der Waals surface area contributed by atoms with Crippen LogP contribution in [0.2, 0.25) is 0 Å². The summed E-state index contributed by atoms with van der Waals surface area (Å²) >= 11 is 1.28. The molecule has 2 heterocycles. The molecule has 2 aliphatic heterocycles. The molecule has 1 amide bonds. The van der Waals surface area contributed by atoms with E-state index < -0.39 is 0 Å². The molecule has 0 N–H and O–H groups in total. The van der Waals surface area contributed by atoms with E-state index in [0.29, 0.717) is 43.4 Å². The highest BCUT2D eigenvalue weighted by atomic mass is 32.2. The van der Waals surface area contributed by atoms with Crippen LogP contribution in [0.15, 0.2) is 18.2 Å². The van der Waals surface area contributed by atoms with Gasteiger partial charge in [0.05, 0.1) is 5.69 Å². The number of nitrogens with zero attached hydrogens (tertiary/aromatic N) is 1. The average Bonchev–Trinajstić information content (AvgIpc) is 2.85. The fraction of sp³-hybridized carbons (Fsp3) is 0.467. The first-order chi connectivity index (χ1) is 10.1. The van der Waals surface area contributed by atoms with Gasteiger partial charge in [0, 0.05) is 25.6 Å². The normalized spacial score (nSPS) is 20.7. The second-order valence-electron chi connectivity index (χ2n) is 5.18. The van der Waals surface area contributed by atoms with Crippen molar-refractivity contribution in [1.82, 2.24) is 0 Å². The number of carbonyl (C=O) groups is 2. The van der Waals surface area contributed by atoms with Crippen molar-refractivity contribution >= 4 is 28.5 Å². The lowest BCUT2D eigenvalue weighted by molar-refractivity contribution is -0.117. The van der Waals surface area contributed by atoms with E-state index in [4.69, 9.17) is 9.47 Å². The Kier molecular flexibility index (Phi) is 4.05. The number of rotatable bonds is 3. The first kappa shape index (κ1) is 14.3. The van der Waals surface area contributed by atoms with Gasteiger partial charge < -0.3 is 14.4 Å². The predicted molar refractivity (Wildman–Crippen MR) is 81.0 cm³/mol. The molecule has 0 bridgehead atoms. The van der Waals surface area contributed by atoms with Crippen molar-refractivity contribution in [2.75, 3.05) is 30.4 Å². The number of fused-ring (bicyclic) bond motifs is 1. The molecule has 1 fully saturated rings. The zero-order valence-electron chi connectivity index (χ0n) is 11.8. The Labute approximate surface area is 127 Å². The van der Waals surface area contributed by atoms with Crippen molar-refractivity contribution in [3.8, 4) is 11.5 Å². The molecule has 1 saturated heterocycles. The number of ether oxygens (including phenoxy) is 2. The quantitative estimate of drug-likeness (QED) is 0.856. The highest BCUT2D eigenvalue weighted by Crippen LogP contribution is 2.41. The molecule has 1 unspecified atom stereocenters. The SMILES string of the molecule is CC(=O)SCC1CC(=O)N(c2cccc3c2OCCO3)C1. The molecular weight excluding hydrogens is 290 g/mol. The third-order valence-electron chi connectivity index (χ3n) is 3.56. The number of anilines is 1. The Morgan fingerprint density at radius 2 is 2.19 bits per heavy atom. The summed E-state index contributed by atoms with van der Waals surface area (Å²) in [7, 11) is 0. The standard InChI is InChI=1S/C15H17NO4S/c1-10(17)21-9-11-7-14(18)16(8-11)12-3-2-4-13-15(12)20-6-5-19-13/h2-4,11H,5-9H2,1H3. The molecular formula is C15H17NO4S. The molecule has 0 aromatic heterocycles. The van der Waals surface area contributed by atoms with Crippen molar-refractivity contribution in [2.24, 2.45) is 5.92 Å². The van der Waals surface area contributed by atoms with Gasteiger partial charge in [-0.3, -0.25) is 9.59 Å². The van der Waals surface area contributed by atoms with E-state index >= 15 is 0 Å². The Morgan fingerprint density at radius 3 is 3.00 bits per heavy atom. The summed E-state index contributed by atoms with van der Waals surface area (Å²) in [6.07, 6.45) is 0.477. The van der Waals surface area contributed by atoms with Gasteiger partial charge in [0.2, 0.25) is 5.91 Å². The van der Waals surface area contributed by atoms with Gasteiger partial charge in [0.15, 0.2) is 16.6 Å². The summed E-state index contributed by atoms with van der Waals surface area (Å²) in [6.45, 7) is 3.20. The summed E-state index contributed by atoms with van der Waals surface area (Å²) in [5.41, 5.74) is 0.771. The number of para-hydroxylation sites is 1. The molecule has 3 rings (SSSR count). The minimum absolute atomic E-state index is 0.0757. The van der Waals surface area contributed by atoms with Gasteiger partial charge >= 0.3 is 0 Å². The second-order valence-corrected chi connectivity index (χ2v) is 6.38. The van der Waals surface area contributed by atoms with Crippen LogP contribution in [0, 0.1) is 5.92 Å². The lowest BCUT2D eigenvalue weighted by atomic mass is 10.1. The van der Waals surface area contributed by atoms with Crippen LogP contribution < -0.4 is 14.4 Å². The molecule has 0 radical (unpaired) electrons. The third kappa shape index (κ3) is 3.00. The van der Waals surface area contributed by atoms with E-state index in [2.05, 4.69) is 0 Å². The highest BCUT2D eigenvalue weighted by molar-refractivity contribution is 8.13. The molecule has 0 spiro atoms. The van der Waals surface area contributed by atoms with Gasteiger partial charge in [-0.15, -0.1) is 0 Å². The molecule has 112 valence electrons. The van der Waals surface area contributed by atoms with E-state index in [9.17, 15) is 9.59 Å². The molecule has 1 atom stereocenters. The highest BCUT2D eigenvalue weighted by Gasteiger charge is 2.33. The topological polar surface area (TPSA) is 55.8 Å². The van der Waals surface area contributed by atoms with Crippen molar-refractivity contribution in [3.05, 3.63) is 18.2 Å². The van der Waals surface area contributed by atoms with Crippen LogP contribution in [-0.4, -0.2) is 36.5 Å². The predicted octanol–water partition coefficient (Wildman–Crippen LogP) is 2.09. The minimum atomic E-state index is 0.0757. The Balaban J connectivity index is 1.78. The molecule has 5 nitrogen and oxygen atoms in total. The largest absolute Gasteiger partial charge is 0.486 e. The molecule has 0 aliphatic carbocycles. The Bertz CT molecular complexity index is 575. The maximum atomic E-state index is 12.3. The molecule has 0 saturated carbocycles. The monoisotopic (exact) mass is 307 g/mol. The van der Waals surface area contributed by atoms with Gasteiger partial charge in [-0.25, -0.2) is 0 Å². The number of carbonyl (C=O) groups excluding carboxylic acids is 2. The minimum Gasteiger partial charge on any atom is -0.486 e. The smallest absolute Gasteiger partial charge is 0.227 e. The van der Waals surface area contributed by atoms with Gasteiger partial charge in [0.1, 0.15) is 13.2 Å². The van der Waals surface area contributed by atoms with E-state index in [1.54, 1.807) is 11.8 Å². The van der Waals surface area contributed by atoms with Crippen LogP contribution in [0.1, 0.15) is 13.3 Å². The second kappa shape index (κ2) is 5.97. The van der Waals surface area contributed by atoms with Crippen LogP contribution in [0.25, 0.3) is 0 Å². The average molecular weight is 307 g/mol. The number of hydrogen-bond acceptors (Lipinski definition) is 5. The number of benzene rings is 1. The summed E-state index contributed by atoms with van der Waals surface area (Å²) in [4.78, 5) is 25.1. The van der Waals surface area contributed by atoms with E-state index in [1.807, 2.05) is 18.2 Å². The number of hydrogen-bond donors (Lipinski definition) is 0. The van der Waals surface area contributed by atoms with Crippen molar-refractivity contribution < 1.29 is 19.1 Å². The molecule has 21 heavy (non-hydrogen) atoms. The van der Waals surface area contributed by atoms with Crippen LogP contribution >= 0.6 is 11.8 Å². The van der Waals surface area contributed by atoms with E-state index in [1.165, 1.54) is 11.8 Å². The van der Waals surface area contributed by atoms with Gasteiger partial charge in [-0.2, -0.15) is 0 Å². The summed E-state index contributed by atoms with van der Waals surface area (Å²) < 4.78 is 11.2. The zero-order chi connectivity index (χ0) is 14.8. The van der Waals surface area contributed by atoms with Gasteiger partial charge in [0.25, 0.3) is 0 Å². The van der Waals surface area contributed by atoms with Crippen molar-refractivity contribution in [1.29, 1.82) is 0 Å². The Morgan fingerprint density at radius 1 is 1.38 bits per heavy atom. The van der Waals surface area contributed by atoms with E-state index in [0.717, 1.165) is 5.69 Å². The summed E-state index contributed by atoms with van der Waals surface area (Å²) in [6, 6.07) is 5.60. The lowest BCUT2D eigenvalue weighted by Crippen LogP contribution is -2.27. The summed E-state index contributed by atoms with van der Waals surface area (Å²) in [5, 5.41) is 0.0923. The van der Waals surface area contributed by atoms with Crippen LogP contribution in [0.3, 0.4) is 0 Å². The Hall–Kier alpha value is -1.69. The van der Waals surface area contributed by atoms with Gasteiger partial charge in [-0.1, -0.05) is 17.8 Å². The fourth-order valence-corrected chi connectivity index (χ4v) is 3.33. The molecule has 1 aromatic carbocycles. The van der Waals surface area contributed by atoms with Crippen LogP contribution in [-0.2, 0) is 9.59 Å². The molecule has 2 aliphatic rings. The lowest BCUT2D eigenvalue weighted by Gasteiger charge is -2.25. The number of amides is 1. The first-order valence-corrected chi connectivity index (χ1v) is 7.96. The van der Waals surface area contributed by atoms with E-state index in [-0.39, 0.29) is 16.9 Å². The molecule has 1 aromatic rings. The number of thioether (sulfide) groups is 1. The van der Waals surface area contributed by atoms with Crippen molar-refractivity contribution in [3.63, 3.8) is 0 Å². The maximum Gasteiger partial charge on any atom is 0.227 e.